The Morgan fingerprint density at radius 3 is 2.52 bits per heavy atom. The Kier molecular flexibility index (Phi) is 4.40. The van der Waals surface area contributed by atoms with Gasteiger partial charge in [0.15, 0.2) is 0 Å². The summed E-state index contributed by atoms with van der Waals surface area (Å²) < 4.78 is 22.9. The first-order valence-corrected chi connectivity index (χ1v) is 8.17. The molecule has 0 aliphatic carbocycles. The highest BCUT2D eigenvalue weighted by molar-refractivity contribution is 9.10. The van der Waals surface area contributed by atoms with Gasteiger partial charge in [-0.05, 0) is 53.2 Å². The van der Waals surface area contributed by atoms with Gasteiger partial charge in [-0.2, -0.15) is 0 Å². The van der Waals surface area contributed by atoms with Crippen LogP contribution in [0.15, 0.2) is 45.9 Å². The Hall–Kier alpha value is -1.77. The summed E-state index contributed by atoms with van der Waals surface area (Å²) in [6.07, 6.45) is 1.47. The van der Waals surface area contributed by atoms with Gasteiger partial charge in [0.25, 0.3) is 5.91 Å². The zero-order valence-electron chi connectivity index (χ0n) is 11.0. The lowest BCUT2D eigenvalue weighted by Gasteiger charge is -2.08. The average Bonchev–Trinajstić information content (AvgIpc) is 2.37. The minimum atomic E-state index is -3.81. The SMILES string of the molecule is Cc1ccc(C(=O)Nc2ccc(S(N)(=O)=O)c(Br)c2)cn1. The number of nitrogens with zero attached hydrogens (tertiary/aromatic N) is 1. The minimum Gasteiger partial charge on any atom is -0.322 e. The summed E-state index contributed by atoms with van der Waals surface area (Å²) in [6.45, 7) is 1.82. The fraction of sp³-hybridized carbons (Fsp3) is 0.0769. The van der Waals surface area contributed by atoms with Gasteiger partial charge in [-0.15, -0.1) is 0 Å². The van der Waals surface area contributed by atoms with Crippen LogP contribution in [-0.4, -0.2) is 19.3 Å². The van der Waals surface area contributed by atoms with E-state index in [9.17, 15) is 13.2 Å². The molecular weight excluding hydrogens is 358 g/mol. The minimum absolute atomic E-state index is 0.0440. The van der Waals surface area contributed by atoms with Gasteiger partial charge in [0.1, 0.15) is 0 Å². The Balaban J connectivity index is 2.22. The molecule has 0 atom stereocenters. The summed E-state index contributed by atoms with van der Waals surface area (Å²) in [5.41, 5.74) is 1.67. The van der Waals surface area contributed by atoms with Crippen LogP contribution in [0, 0.1) is 6.92 Å². The fourth-order valence-electron chi connectivity index (χ4n) is 1.61. The van der Waals surface area contributed by atoms with Gasteiger partial charge >= 0.3 is 0 Å². The normalized spacial score (nSPS) is 11.2. The van der Waals surface area contributed by atoms with E-state index in [0.29, 0.717) is 11.3 Å². The van der Waals surface area contributed by atoms with Crippen LogP contribution in [0.3, 0.4) is 0 Å². The number of hydrogen-bond acceptors (Lipinski definition) is 4. The van der Waals surface area contributed by atoms with Crippen molar-refractivity contribution < 1.29 is 13.2 Å². The first-order chi connectivity index (χ1) is 9.77. The van der Waals surface area contributed by atoms with Crippen LogP contribution >= 0.6 is 15.9 Å². The van der Waals surface area contributed by atoms with Crippen LogP contribution in [0.4, 0.5) is 5.69 Å². The van der Waals surface area contributed by atoms with Crippen LogP contribution in [0.25, 0.3) is 0 Å². The third-order valence-electron chi connectivity index (χ3n) is 2.67. The average molecular weight is 370 g/mol. The molecule has 0 aliphatic heterocycles. The number of halogens is 1. The Morgan fingerprint density at radius 1 is 1.29 bits per heavy atom. The van der Waals surface area contributed by atoms with Crippen molar-refractivity contribution >= 4 is 37.5 Å². The van der Waals surface area contributed by atoms with Crippen molar-refractivity contribution in [1.82, 2.24) is 4.98 Å². The van der Waals surface area contributed by atoms with Crippen molar-refractivity contribution in [3.05, 3.63) is 52.3 Å². The van der Waals surface area contributed by atoms with Gasteiger partial charge in [0.05, 0.1) is 10.5 Å². The Labute approximate surface area is 130 Å². The standard InChI is InChI=1S/C13H12BrN3O3S/c1-8-2-3-9(7-16-8)13(18)17-10-4-5-12(11(14)6-10)21(15,19)20/h2-7H,1H3,(H,17,18)(H2,15,19,20). The number of nitrogens with one attached hydrogen (secondary N) is 1. The second-order valence-electron chi connectivity index (χ2n) is 4.33. The summed E-state index contributed by atoms with van der Waals surface area (Å²) >= 11 is 3.12. The molecule has 2 aromatic rings. The molecule has 2 rings (SSSR count). The van der Waals surface area contributed by atoms with Crippen LogP contribution < -0.4 is 10.5 Å². The van der Waals surface area contributed by atoms with E-state index in [1.54, 1.807) is 12.1 Å². The van der Waals surface area contributed by atoms with Gasteiger partial charge in [-0.25, -0.2) is 13.6 Å². The van der Waals surface area contributed by atoms with Gasteiger partial charge in [0, 0.05) is 22.1 Å². The van der Waals surface area contributed by atoms with E-state index in [2.05, 4.69) is 26.2 Å². The number of aryl methyl sites for hydroxylation is 1. The highest BCUT2D eigenvalue weighted by Crippen LogP contribution is 2.24. The number of hydrogen-bond donors (Lipinski definition) is 2. The first kappa shape index (κ1) is 15.6. The zero-order valence-corrected chi connectivity index (χ0v) is 13.4. The Bertz CT molecular complexity index is 789. The Morgan fingerprint density at radius 2 is 2.00 bits per heavy atom. The number of pyridine rings is 1. The maximum atomic E-state index is 12.0. The third-order valence-corrected chi connectivity index (χ3v) is 4.56. The molecule has 8 heteroatoms. The quantitative estimate of drug-likeness (QED) is 0.863. The number of primary sulfonamides is 1. The van der Waals surface area contributed by atoms with Crippen molar-refractivity contribution in [3.8, 4) is 0 Å². The topological polar surface area (TPSA) is 102 Å². The lowest BCUT2D eigenvalue weighted by atomic mass is 10.2. The molecule has 0 fully saturated rings. The van der Waals surface area contributed by atoms with Crippen LogP contribution in [0.5, 0.6) is 0 Å². The monoisotopic (exact) mass is 369 g/mol. The van der Waals surface area contributed by atoms with E-state index in [0.717, 1.165) is 5.69 Å². The molecule has 3 N–H and O–H groups in total. The summed E-state index contributed by atoms with van der Waals surface area (Å²) in [4.78, 5) is 16.0. The smallest absolute Gasteiger partial charge is 0.257 e. The second-order valence-corrected chi connectivity index (χ2v) is 6.72. The van der Waals surface area contributed by atoms with Crippen LogP contribution in [0.2, 0.25) is 0 Å². The molecule has 0 saturated heterocycles. The van der Waals surface area contributed by atoms with Gasteiger partial charge in [0.2, 0.25) is 10.0 Å². The van der Waals surface area contributed by atoms with Gasteiger partial charge < -0.3 is 5.32 Å². The highest BCUT2D eigenvalue weighted by Gasteiger charge is 2.14. The lowest BCUT2D eigenvalue weighted by Crippen LogP contribution is -2.14. The lowest BCUT2D eigenvalue weighted by molar-refractivity contribution is 0.102. The molecule has 0 unspecified atom stereocenters. The van der Waals surface area contributed by atoms with Crippen LogP contribution in [-0.2, 0) is 10.0 Å². The third kappa shape index (κ3) is 3.87. The summed E-state index contributed by atoms with van der Waals surface area (Å²) in [5, 5.41) is 7.71. The number of nitrogens with two attached hydrogens (primary N) is 1. The van der Waals surface area contributed by atoms with E-state index in [1.807, 2.05) is 6.92 Å². The number of benzene rings is 1. The van der Waals surface area contributed by atoms with Crippen molar-refractivity contribution in [2.75, 3.05) is 5.32 Å². The number of anilines is 1. The number of carbonyl (C=O) groups is 1. The molecule has 6 nitrogen and oxygen atoms in total. The largest absolute Gasteiger partial charge is 0.322 e. The molecule has 1 aromatic heterocycles. The van der Waals surface area contributed by atoms with Crippen molar-refractivity contribution in [1.29, 1.82) is 0 Å². The van der Waals surface area contributed by atoms with Gasteiger partial charge in [-0.1, -0.05) is 0 Å². The van der Waals surface area contributed by atoms with Crippen molar-refractivity contribution in [3.63, 3.8) is 0 Å². The number of amides is 1. The maximum absolute atomic E-state index is 12.0. The number of aromatic nitrogens is 1. The maximum Gasteiger partial charge on any atom is 0.257 e. The molecule has 1 amide bonds. The predicted octanol–water partition coefficient (Wildman–Crippen LogP) is 2.05. The zero-order chi connectivity index (χ0) is 15.6. The van der Waals surface area contributed by atoms with Crippen molar-refractivity contribution in [2.45, 2.75) is 11.8 Å². The molecule has 0 radical (unpaired) electrons. The molecule has 110 valence electrons. The van der Waals surface area contributed by atoms with Gasteiger partial charge in [-0.3, -0.25) is 9.78 Å². The molecule has 1 heterocycles. The predicted molar refractivity (Wildman–Crippen MR) is 82.4 cm³/mol. The molecule has 0 aliphatic rings. The van der Waals surface area contributed by atoms with Crippen LogP contribution in [0.1, 0.15) is 16.1 Å². The molecule has 1 aromatic carbocycles. The molecule has 0 bridgehead atoms. The van der Waals surface area contributed by atoms with Crippen molar-refractivity contribution in [2.24, 2.45) is 5.14 Å². The molecule has 0 saturated carbocycles. The second kappa shape index (κ2) is 5.92. The molecule has 21 heavy (non-hydrogen) atoms. The summed E-state index contributed by atoms with van der Waals surface area (Å²) in [6, 6.07) is 7.64. The molecule has 0 spiro atoms. The fourth-order valence-corrected chi connectivity index (χ4v) is 3.26. The number of rotatable bonds is 3. The molecular formula is C13H12BrN3O3S. The highest BCUT2D eigenvalue weighted by atomic mass is 79.9. The first-order valence-electron chi connectivity index (χ1n) is 5.84. The van der Waals surface area contributed by atoms with E-state index in [1.165, 1.54) is 24.4 Å². The number of sulfonamides is 1. The van der Waals surface area contributed by atoms with E-state index >= 15 is 0 Å². The summed E-state index contributed by atoms with van der Waals surface area (Å²) in [7, 11) is -3.81. The van der Waals surface area contributed by atoms with E-state index in [-0.39, 0.29) is 15.3 Å². The van der Waals surface area contributed by atoms with E-state index in [4.69, 9.17) is 5.14 Å². The number of carbonyl (C=O) groups excluding carboxylic acids is 1. The summed E-state index contributed by atoms with van der Waals surface area (Å²) in [5.74, 6) is -0.335. The van der Waals surface area contributed by atoms with E-state index < -0.39 is 10.0 Å².